The van der Waals surface area contributed by atoms with Gasteiger partial charge in [-0.25, -0.2) is 0 Å². The summed E-state index contributed by atoms with van der Waals surface area (Å²) in [6.07, 6.45) is 1.82. The molecule has 0 N–H and O–H groups in total. The Hall–Kier alpha value is -6.54. The highest BCUT2D eigenvalue weighted by atomic mass is 32.1. The highest BCUT2D eigenvalue weighted by molar-refractivity contribution is 7.25. The van der Waals surface area contributed by atoms with Crippen molar-refractivity contribution in [2.45, 2.75) is 39.5 Å². The van der Waals surface area contributed by atoms with E-state index in [1.54, 1.807) is 0 Å². The third kappa shape index (κ3) is 7.40. The van der Waals surface area contributed by atoms with E-state index in [-0.39, 0.29) is 5.92 Å². The SMILES string of the molecule is Cc1cccc(Cc2ccc(-c3ccc(C(Cc4cc(C)cc5ccccc45)c4ccc(-c5ccc6sc7ccccc7c6c5)cc4)cc3)cc2-c2ccccc2C)c1. The first-order chi connectivity index (χ1) is 28.9. The molecule has 0 aliphatic rings. The van der Waals surface area contributed by atoms with Crippen LogP contribution in [0, 0.1) is 20.8 Å². The van der Waals surface area contributed by atoms with Gasteiger partial charge >= 0.3 is 0 Å². The second-order valence-corrected chi connectivity index (χ2v) is 17.4. The third-order valence-electron chi connectivity index (χ3n) is 12.2. The van der Waals surface area contributed by atoms with E-state index in [1.165, 1.54) is 109 Å². The Morgan fingerprint density at radius 1 is 0.407 bits per heavy atom. The Balaban J connectivity index is 1.02. The number of fused-ring (bicyclic) bond motifs is 4. The molecule has 0 nitrogen and oxygen atoms in total. The van der Waals surface area contributed by atoms with E-state index in [4.69, 9.17) is 0 Å². The smallest absolute Gasteiger partial charge is 0.0355 e. The van der Waals surface area contributed by atoms with Gasteiger partial charge in [0.25, 0.3) is 0 Å². The summed E-state index contributed by atoms with van der Waals surface area (Å²) in [6, 6.07) is 72.8. The molecule has 0 bridgehead atoms. The molecule has 59 heavy (non-hydrogen) atoms. The average molecular weight is 775 g/mol. The fourth-order valence-electron chi connectivity index (χ4n) is 9.17. The first kappa shape index (κ1) is 36.8. The minimum Gasteiger partial charge on any atom is -0.135 e. The van der Waals surface area contributed by atoms with Crippen molar-refractivity contribution in [1.29, 1.82) is 0 Å². The van der Waals surface area contributed by atoms with Gasteiger partial charge in [0.1, 0.15) is 0 Å². The van der Waals surface area contributed by atoms with Crippen LogP contribution in [-0.4, -0.2) is 0 Å². The molecule has 1 heteroatoms. The Morgan fingerprint density at radius 3 is 1.81 bits per heavy atom. The second-order valence-electron chi connectivity index (χ2n) is 16.3. The normalized spacial score (nSPS) is 12.1. The molecule has 0 aliphatic carbocycles. The number of rotatable bonds is 9. The predicted molar refractivity (Wildman–Crippen MR) is 255 cm³/mol. The fraction of sp³-hybridized carbons (Fsp3) is 0.103. The lowest BCUT2D eigenvalue weighted by Crippen LogP contribution is -2.06. The van der Waals surface area contributed by atoms with Crippen molar-refractivity contribution in [3.05, 3.63) is 239 Å². The van der Waals surface area contributed by atoms with Gasteiger partial charge in [-0.05, 0) is 135 Å². The summed E-state index contributed by atoms with van der Waals surface area (Å²) in [5.41, 5.74) is 18.2. The summed E-state index contributed by atoms with van der Waals surface area (Å²) in [4.78, 5) is 0. The monoisotopic (exact) mass is 774 g/mol. The molecular weight excluding hydrogens is 729 g/mol. The van der Waals surface area contributed by atoms with Crippen LogP contribution in [0.2, 0.25) is 0 Å². The lowest BCUT2D eigenvalue weighted by molar-refractivity contribution is 0.809. The van der Waals surface area contributed by atoms with Crippen molar-refractivity contribution in [2.24, 2.45) is 0 Å². The maximum absolute atomic E-state index is 2.41. The number of hydrogen-bond donors (Lipinski definition) is 0. The minimum atomic E-state index is 0.186. The van der Waals surface area contributed by atoms with Gasteiger partial charge in [-0.15, -0.1) is 11.3 Å². The van der Waals surface area contributed by atoms with Crippen molar-refractivity contribution >= 4 is 42.3 Å². The van der Waals surface area contributed by atoms with Crippen LogP contribution in [0.5, 0.6) is 0 Å². The summed E-state index contributed by atoms with van der Waals surface area (Å²) in [6.45, 7) is 6.62. The topological polar surface area (TPSA) is 0 Å². The first-order valence-corrected chi connectivity index (χ1v) is 21.6. The number of hydrogen-bond acceptors (Lipinski definition) is 1. The van der Waals surface area contributed by atoms with Crippen LogP contribution < -0.4 is 0 Å². The molecule has 1 atom stereocenters. The van der Waals surface area contributed by atoms with Gasteiger partial charge in [0.05, 0.1) is 0 Å². The molecule has 0 radical (unpaired) electrons. The molecular formula is C58H46S. The van der Waals surface area contributed by atoms with E-state index < -0.39 is 0 Å². The molecule has 10 aromatic rings. The van der Waals surface area contributed by atoms with Gasteiger partial charge in [-0.3, -0.25) is 0 Å². The summed E-state index contributed by atoms with van der Waals surface area (Å²) in [5, 5.41) is 5.31. The highest BCUT2D eigenvalue weighted by Gasteiger charge is 2.19. The van der Waals surface area contributed by atoms with E-state index in [0.29, 0.717) is 0 Å². The molecule has 9 aromatic carbocycles. The van der Waals surface area contributed by atoms with E-state index in [0.717, 1.165) is 12.8 Å². The molecule has 1 aromatic heterocycles. The third-order valence-corrected chi connectivity index (χ3v) is 13.4. The first-order valence-electron chi connectivity index (χ1n) is 20.8. The lowest BCUT2D eigenvalue weighted by atomic mass is 9.83. The minimum absolute atomic E-state index is 0.186. The molecule has 1 heterocycles. The standard InChI is InChI=1S/C58H46S/c1-38-11-10-13-41(31-38)34-49-28-27-46(35-55(49)51-15-6-4-12-40(51)3)42-19-23-44(24-20-42)54(37-50-33-39(2)32-48-14-5-7-16-52(48)50)45-25-21-43(22-26-45)47-29-30-58-56(36-47)53-17-8-9-18-57(53)59-58/h4-33,35-36,54H,34,37H2,1-3H3. The van der Waals surface area contributed by atoms with Crippen molar-refractivity contribution < 1.29 is 0 Å². The molecule has 0 aliphatic heterocycles. The maximum Gasteiger partial charge on any atom is 0.0355 e. The zero-order valence-corrected chi connectivity index (χ0v) is 34.7. The van der Waals surface area contributed by atoms with Crippen LogP contribution in [0.25, 0.3) is 64.3 Å². The highest BCUT2D eigenvalue weighted by Crippen LogP contribution is 2.39. The molecule has 1 unspecified atom stereocenters. The van der Waals surface area contributed by atoms with Crippen molar-refractivity contribution in [3.63, 3.8) is 0 Å². The van der Waals surface area contributed by atoms with Crippen molar-refractivity contribution in [2.75, 3.05) is 0 Å². The van der Waals surface area contributed by atoms with E-state index in [1.807, 2.05) is 11.3 Å². The Bertz CT molecular complexity index is 3120. The van der Waals surface area contributed by atoms with Gasteiger partial charge in [-0.1, -0.05) is 181 Å². The summed E-state index contributed by atoms with van der Waals surface area (Å²) >= 11 is 1.87. The summed E-state index contributed by atoms with van der Waals surface area (Å²) in [7, 11) is 0. The summed E-state index contributed by atoms with van der Waals surface area (Å²) < 4.78 is 2.68. The van der Waals surface area contributed by atoms with Crippen LogP contribution in [0.4, 0.5) is 0 Å². The largest absolute Gasteiger partial charge is 0.135 e. The molecule has 0 amide bonds. The molecule has 0 spiro atoms. The molecule has 10 rings (SSSR count). The van der Waals surface area contributed by atoms with Gasteiger partial charge < -0.3 is 0 Å². The average Bonchev–Trinajstić information content (AvgIpc) is 3.64. The van der Waals surface area contributed by atoms with Crippen LogP contribution in [0.15, 0.2) is 194 Å². The fourth-order valence-corrected chi connectivity index (χ4v) is 10.3. The van der Waals surface area contributed by atoms with Gasteiger partial charge in [0, 0.05) is 26.1 Å². The molecule has 0 saturated heterocycles. The quantitative estimate of drug-likeness (QED) is 0.137. The number of aryl methyl sites for hydroxylation is 3. The van der Waals surface area contributed by atoms with Crippen molar-refractivity contribution in [1.82, 2.24) is 0 Å². The van der Waals surface area contributed by atoms with E-state index in [2.05, 4.69) is 215 Å². The Kier molecular flexibility index (Phi) is 9.76. The van der Waals surface area contributed by atoms with Crippen LogP contribution in [0.3, 0.4) is 0 Å². The maximum atomic E-state index is 2.41. The van der Waals surface area contributed by atoms with E-state index >= 15 is 0 Å². The van der Waals surface area contributed by atoms with Crippen LogP contribution in [-0.2, 0) is 12.8 Å². The number of benzene rings is 9. The molecule has 0 fully saturated rings. The number of thiophene rings is 1. The lowest BCUT2D eigenvalue weighted by Gasteiger charge is -2.21. The van der Waals surface area contributed by atoms with Crippen LogP contribution >= 0.6 is 11.3 Å². The zero-order chi connectivity index (χ0) is 39.9. The predicted octanol–water partition coefficient (Wildman–Crippen LogP) is 16.1. The summed E-state index contributed by atoms with van der Waals surface area (Å²) in [5.74, 6) is 0.186. The van der Waals surface area contributed by atoms with Crippen molar-refractivity contribution in [3.8, 4) is 33.4 Å². The Labute approximate surface area is 352 Å². The van der Waals surface area contributed by atoms with E-state index in [9.17, 15) is 0 Å². The van der Waals surface area contributed by atoms with Crippen LogP contribution in [0.1, 0.15) is 50.4 Å². The van der Waals surface area contributed by atoms with Gasteiger partial charge in [0.15, 0.2) is 0 Å². The second kappa shape index (κ2) is 15.7. The zero-order valence-electron chi connectivity index (χ0n) is 33.9. The molecule has 0 saturated carbocycles. The van der Waals surface area contributed by atoms with Gasteiger partial charge in [-0.2, -0.15) is 0 Å². The molecule has 284 valence electrons. The van der Waals surface area contributed by atoms with Gasteiger partial charge in [0.2, 0.25) is 0 Å². The Morgan fingerprint density at radius 2 is 1.05 bits per heavy atom.